The zero-order valence-electron chi connectivity index (χ0n) is 8.12. The van der Waals surface area contributed by atoms with Crippen LogP contribution < -0.4 is 0 Å². The molecule has 0 saturated carbocycles. The minimum absolute atomic E-state index is 0.0119. The maximum absolute atomic E-state index is 11.3. The van der Waals surface area contributed by atoms with Crippen LogP contribution in [0.5, 0.6) is 0 Å². The summed E-state index contributed by atoms with van der Waals surface area (Å²) in [5.41, 5.74) is 0. The first-order valence-electron chi connectivity index (χ1n) is 3.89. The van der Waals surface area contributed by atoms with E-state index in [0.29, 0.717) is 0 Å². The van der Waals surface area contributed by atoms with Gasteiger partial charge in [0.15, 0.2) is 0 Å². The standard InChI is InChI=1S/C8H17O3S/c1-7(2)6-11-12(9,10)8(3,4)5/h7H,1,6H2,2-5H3. The molecule has 1 radical (unpaired) electrons. The van der Waals surface area contributed by atoms with Gasteiger partial charge in [-0.1, -0.05) is 6.92 Å². The van der Waals surface area contributed by atoms with Gasteiger partial charge >= 0.3 is 0 Å². The Labute approximate surface area is 75.2 Å². The molecular weight excluding hydrogens is 176 g/mol. The lowest BCUT2D eigenvalue weighted by Crippen LogP contribution is -2.30. The van der Waals surface area contributed by atoms with Crippen molar-refractivity contribution < 1.29 is 12.6 Å². The van der Waals surface area contributed by atoms with Gasteiger partial charge in [0.1, 0.15) is 0 Å². The zero-order chi connectivity index (χ0) is 9.99. The number of rotatable bonds is 3. The molecule has 0 heterocycles. The van der Waals surface area contributed by atoms with Crippen LogP contribution in [0.25, 0.3) is 0 Å². The fraction of sp³-hybridized carbons (Fsp3) is 0.875. The van der Waals surface area contributed by atoms with Gasteiger partial charge < -0.3 is 0 Å². The third kappa shape index (κ3) is 3.54. The first kappa shape index (κ1) is 11.9. The summed E-state index contributed by atoms with van der Waals surface area (Å²) in [5, 5.41) is 0. The Hall–Kier alpha value is -0.0900. The van der Waals surface area contributed by atoms with Crippen LogP contribution in [0.1, 0.15) is 27.7 Å². The van der Waals surface area contributed by atoms with E-state index < -0.39 is 14.9 Å². The van der Waals surface area contributed by atoms with Gasteiger partial charge in [0, 0.05) is 0 Å². The van der Waals surface area contributed by atoms with Gasteiger partial charge in [-0.2, -0.15) is 8.42 Å². The van der Waals surface area contributed by atoms with E-state index in [4.69, 9.17) is 4.18 Å². The quantitative estimate of drug-likeness (QED) is 0.639. The van der Waals surface area contributed by atoms with Crippen LogP contribution in [0.3, 0.4) is 0 Å². The van der Waals surface area contributed by atoms with Crippen molar-refractivity contribution in [2.45, 2.75) is 32.4 Å². The van der Waals surface area contributed by atoms with Crippen LogP contribution in [-0.2, 0) is 14.3 Å². The van der Waals surface area contributed by atoms with E-state index in [1.54, 1.807) is 27.7 Å². The minimum atomic E-state index is -3.43. The predicted octanol–water partition coefficient (Wildman–Crippen LogP) is 1.60. The smallest absolute Gasteiger partial charge is 0.269 e. The van der Waals surface area contributed by atoms with E-state index >= 15 is 0 Å². The fourth-order valence-electron chi connectivity index (χ4n) is 0.383. The lowest BCUT2D eigenvalue weighted by Gasteiger charge is -2.19. The first-order valence-corrected chi connectivity index (χ1v) is 5.29. The van der Waals surface area contributed by atoms with Crippen molar-refractivity contribution in [2.75, 3.05) is 6.61 Å². The van der Waals surface area contributed by atoms with Crippen molar-refractivity contribution in [3.8, 4) is 0 Å². The Morgan fingerprint density at radius 2 is 1.83 bits per heavy atom. The molecule has 0 aromatic carbocycles. The van der Waals surface area contributed by atoms with Crippen LogP contribution in [0.15, 0.2) is 0 Å². The third-order valence-corrected chi connectivity index (χ3v) is 3.20. The normalized spacial score (nSPS) is 13.8. The van der Waals surface area contributed by atoms with E-state index in [2.05, 4.69) is 6.92 Å². The second kappa shape index (κ2) is 3.75. The fourth-order valence-corrected chi connectivity index (χ4v) is 1.15. The number of hydrogen-bond acceptors (Lipinski definition) is 3. The van der Waals surface area contributed by atoms with E-state index in [-0.39, 0.29) is 12.5 Å². The summed E-state index contributed by atoms with van der Waals surface area (Å²) < 4.78 is 26.5. The van der Waals surface area contributed by atoms with Gasteiger partial charge in [-0.05, 0) is 33.6 Å². The van der Waals surface area contributed by atoms with E-state index in [1.807, 2.05) is 0 Å². The third-order valence-electron chi connectivity index (χ3n) is 1.26. The molecule has 0 aliphatic carbocycles. The van der Waals surface area contributed by atoms with Crippen molar-refractivity contribution in [1.82, 2.24) is 0 Å². The van der Waals surface area contributed by atoms with E-state index in [9.17, 15) is 8.42 Å². The molecule has 0 amide bonds. The molecule has 0 saturated heterocycles. The maximum Gasteiger partial charge on any atom is 0.272 e. The number of hydrogen-bond donors (Lipinski definition) is 0. The zero-order valence-corrected chi connectivity index (χ0v) is 8.94. The lowest BCUT2D eigenvalue weighted by atomic mass is 10.2. The molecule has 0 rings (SSSR count). The van der Waals surface area contributed by atoms with Gasteiger partial charge in [0.2, 0.25) is 0 Å². The lowest BCUT2D eigenvalue weighted by molar-refractivity contribution is 0.276. The van der Waals surface area contributed by atoms with Crippen molar-refractivity contribution in [3.63, 3.8) is 0 Å². The molecule has 0 aromatic heterocycles. The molecule has 4 heteroatoms. The van der Waals surface area contributed by atoms with Gasteiger partial charge in [-0.15, -0.1) is 0 Å². The Kier molecular flexibility index (Phi) is 3.72. The summed E-state index contributed by atoms with van der Waals surface area (Å²) in [4.78, 5) is 0. The largest absolute Gasteiger partial charge is 0.272 e. The minimum Gasteiger partial charge on any atom is -0.269 e. The molecule has 3 nitrogen and oxygen atoms in total. The molecule has 0 fully saturated rings. The Bertz CT molecular complexity index is 221. The van der Waals surface area contributed by atoms with E-state index in [1.165, 1.54) is 0 Å². The van der Waals surface area contributed by atoms with Crippen molar-refractivity contribution in [2.24, 2.45) is 5.92 Å². The highest BCUT2D eigenvalue weighted by Gasteiger charge is 2.30. The molecule has 73 valence electrons. The highest BCUT2D eigenvalue weighted by Crippen LogP contribution is 2.17. The van der Waals surface area contributed by atoms with Crippen LogP contribution in [0, 0.1) is 12.8 Å². The average Bonchev–Trinajstić information content (AvgIpc) is 1.81. The second-order valence-electron chi connectivity index (χ2n) is 3.96. The van der Waals surface area contributed by atoms with Gasteiger partial charge in [0.05, 0.1) is 11.4 Å². The molecule has 1 atom stereocenters. The molecule has 12 heavy (non-hydrogen) atoms. The second-order valence-corrected chi connectivity index (χ2v) is 6.32. The van der Waals surface area contributed by atoms with Crippen LogP contribution in [-0.4, -0.2) is 19.8 Å². The monoisotopic (exact) mass is 193 g/mol. The topological polar surface area (TPSA) is 43.4 Å². The molecule has 0 bridgehead atoms. The highest BCUT2D eigenvalue weighted by atomic mass is 32.2. The summed E-state index contributed by atoms with van der Waals surface area (Å²) in [5.74, 6) is -0.0119. The average molecular weight is 193 g/mol. The predicted molar refractivity (Wildman–Crippen MR) is 49.1 cm³/mol. The summed E-state index contributed by atoms with van der Waals surface area (Å²) >= 11 is 0. The molecular formula is C8H17O3S. The molecule has 1 unspecified atom stereocenters. The molecule has 0 aromatic rings. The molecule has 0 N–H and O–H groups in total. The van der Waals surface area contributed by atoms with Crippen molar-refractivity contribution in [3.05, 3.63) is 6.92 Å². The Morgan fingerprint density at radius 3 is 2.08 bits per heavy atom. The van der Waals surface area contributed by atoms with E-state index in [0.717, 1.165) is 0 Å². The van der Waals surface area contributed by atoms with Gasteiger partial charge in [0.25, 0.3) is 10.1 Å². The van der Waals surface area contributed by atoms with Crippen LogP contribution >= 0.6 is 0 Å². The van der Waals surface area contributed by atoms with Crippen LogP contribution in [0.2, 0.25) is 0 Å². The summed E-state index contributed by atoms with van der Waals surface area (Å²) in [6.45, 7) is 10.4. The van der Waals surface area contributed by atoms with Crippen molar-refractivity contribution >= 4 is 10.1 Å². The summed E-state index contributed by atoms with van der Waals surface area (Å²) in [6.07, 6.45) is 0. The molecule has 0 spiro atoms. The van der Waals surface area contributed by atoms with Crippen LogP contribution in [0.4, 0.5) is 0 Å². The molecule has 0 aliphatic heterocycles. The SMILES string of the molecule is [CH2]C(C)COS(=O)(=O)C(C)(C)C. The summed E-state index contributed by atoms with van der Waals surface area (Å²) in [6, 6.07) is 0. The Balaban J connectivity index is 4.27. The Morgan fingerprint density at radius 1 is 1.42 bits per heavy atom. The highest BCUT2D eigenvalue weighted by molar-refractivity contribution is 7.88. The molecule has 0 aliphatic rings. The maximum atomic E-state index is 11.3. The van der Waals surface area contributed by atoms with Gasteiger partial charge in [-0.3, -0.25) is 4.18 Å². The first-order chi connectivity index (χ1) is 5.17. The summed E-state index contributed by atoms with van der Waals surface area (Å²) in [7, 11) is -3.43. The van der Waals surface area contributed by atoms with Crippen molar-refractivity contribution in [1.29, 1.82) is 0 Å². The van der Waals surface area contributed by atoms with Gasteiger partial charge in [-0.25, -0.2) is 0 Å².